The Hall–Kier alpha value is -2.02. The standard InChI is InChI=1S/C19H26N2O4S/c1-12(2)8-9-13(3)20-17(22)11-25-18(23)10-16-19(24)21-14-6-4-5-7-15(14)26-16/h4-7,12-13,16H,8-11H2,1-3H3,(H,20,22)(H,21,24)/t13-,16-/m1/s1. The monoisotopic (exact) mass is 378 g/mol. The summed E-state index contributed by atoms with van der Waals surface area (Å²) in [7, 11) is 0. The molecule has 1 aromatic rings. The summed E-state index contributed by atoms with van der Waals surface area (Å²) in [6.45, 7) is 5.88. The summed E-state index contributed by atoms with van der Waals surface area (Å²) in [6.07, 6.45) is 1.84. The topological polar surface area (TPSA) is 84.5 Å². The van der Waals surface area contributed by atoms with E-state index in [1.807, 2.05) is 31.2 Å². The van der Waals surface area contributed by atoms with Crippen molar-refractivity contribution in [1.82, 2.24) is 5.32 Å². The van der Waals surface area contributed by atoms with Gasteiger partial charge in [-0.05, 0) is 37.8 Å². The number of ether oxygens (including phenoxy) is 1. The van der Waals surface area contributed by atoms with Gasteiger partial charge in [0, 0.05) is 10.9 Å². The van der Waals surface area contributed by atoms with Crippen LogP contribution in [0, 0.1) is 5.92 Å². The maximum atomic E-state index is 12.1. The second-order valence-corrected chi connectivity index (χ2v) is 8.14. The van der Waals surface area contributed by atoms with E-state index in [1.54, 1.807) is 0 Å². The van der Waals surface area contributed by atoms with Gasteiger partial charge in [0.2, 0.25) is 5.91 Å². The predicted octanol–water partition coefficient (Wildman–Crippen LogP) is 2.97. The average molecular weight is 378 g/mol. The van der Waals surface area contributed by atoms with Crippen LogP contribution in [0.5, 0.6) is 0 Å². The molecule has 2 amide bonds. The first-order chi connectivity index (χ1) is 12.3. The Kier molecular flexibility index (Phi) is 7.50. The molecule has 6 nitrogen and oxygen atoms in total. The third kappa shape index (κ3) is 6.37. The van der Waals surface area contributed by atoms with Crippen LogP contribution in [0.25, 0.3) is 0 Å². The number of hydrogen-bond donors (Lipinski definition) is 2. The Morgan fingerprint density at radius 3 is 2.69 bits per heavy atom. The Balaban J connectivity index is 1.73. The van der Waals surface area contributed by atoms with Crippen molar-refractivity contribution < 1.29 is 19.1 Å². The quantitative estimate of drug-likeness (QED) is 0.680. The average Bonchev–Trinajstić information content (AvgIpc) is 2.59. The molecule has 2 atom stereocenters. The number of carbonyl (C=O) groups is 3. The summed E-state index contributed by atoms with van der Waals surface area (Å²) in [4.78, 5) is 36.8. The molecule has 0 fully saturated rings. The first-order valence-corrected chi connectivity index (χ1v) is 9.74. The molecule has 1 aliphatic heterocycles. The molecule has 1 aromatic carbocycles. The third-order valence-electron chi connectivity index (χ3n) is 4.01. The molecule has 2 rings (SSSR count). The van der Waals surface area contributed by atoms with Gasteiger partial charge in [0.15, 0.2) is 6.61 Å². The van der Waals surface area contributed by atoms with Gasteiger partial charge >= 0.3 is 5.97 Å². The van der Waals surface area contributed by atoms with E-state index in [9.17, 15) is 14.4 Å². The van der Waals surface area contributed by atoms with Crippen LogP contribution in [0.2, 0.25) is 0 Å². The minimum absolute atomic E-state index is 0.0415. The molecule has 0 unspecified atom stereocenters. The Labute approximate surface area is 158 Å². The van der Waals surface area contributed by atoms with Crippen LogP contribution in [-0.4, -0.2) is 35.7 Å². The third-order valence-corrected chi connectivity index (χ3v) is 5.28. The zero-order chi connectivity index (χ0) is 19.1. The zero-order valence-corrected chi connectivity index (χ0v) is 16.2. The van der Waals surface area contributed by atoms with Crippen molar-refractivity contribution in [3.63, 3.8) is 0 Å². The van der Waals surface area contributed by atoms with Crippen LogP contribution < -0.4 is 10.6 Å². The van der Waals surface area contributed by atoms with E-state index in [-0.39, 0.29) is 30.9 Å². The molecular formula is C19H26N2O4S. The van der Waals surface area contributed by atoms with Gasteiger partial charge in [0.25, 0.3) is 5.91 Å². The van der Waals surface area contributed by atoms with E-state index in [1.165, 1.54) is 11.8 Å². The van der Waals surface area contributed by atoms with Gasteiger partial charge in [-0.15, -0.1) is 11.8 Å². The molecule has 0 aromatic heterocycles. The number of anilines is 1. The van der Waals surface area contributed by atoms with Crippen LogP contribution in [0.3, 0.4) is 0 Å². The highest BCUT2D eigenvalue weighted by atomic mass is 32.2. The summed E-state index contributed by atoms with van der Waals surface area (Å²) in [6, 6.07) is 7.47. The Bertz CT molecular complexity index is 663. The molecule has 0 saturated heterocycles. The van der Waals surface area contributed by atoms with E-state index in [2.05, 4.69) is 24.5 Å². The van der Waals surface area contributed by atoms with Crippen LogP contribution in [0.4, 0.5) is 5.69 Å². The number of esters is 1. The molecule has 26 heavy (non-hydrogen) atoms. The van der Waals surface area contributed by atoms with Crippen molar-refractivity contribution in [3.05, 3.63) is 24.3 Å². The van der Waals surface area contributed by atoms with E-state index in [0.717, 1.165) is 23.4 Å². The van der Waals surface area contributed by atoms with Crippen LogP contribution in [0.1, 0.15) is 40.0 Å². The van der Waals surface area contributed by atoms with Crippen LogP contribution in [-0.2, 0) is 19.1 Å². The fraction of sp³-hybridized carbons (Fsp3) is 0.526. The second-order valence-electron chi connectivity index (χ2n) is 6.90. The lowest BCUT2D eigenvalue weighted by molar-refractivity contribution is -0.149. The van der Waals surface area contributed by atoms with Crippen molar-refractivity contribution in [2.75, 3.05) is 11.9 Å². The molecule has 0 aliphatic carbocycles. The number of benzene rings is 1. The molecule has 2 N–H and O–H groups in total. The molecule has 0 spiro atoms. The molecule has 1 aliphatic rings. The van der Waals surface area contributed by atoms with Gasteiger partial charge in [0.1, 0.15) is 0 Å². The number of carbonyl (C=O) groups excluding carboxylic acids is 3. The van der Waals surface area contributed by atoms with Crippen molar-refractivity contribution in [3.8, 4) is 0 Å². The maximum absolute atomic E-state index is 12.1. The number of rotatable bonds is 8. The lowest BCUT2D eigenvalue weighted by atomic mass is 10.0. The van der Waals surface area contributed by atoms with Gasteiger partial charge in [-0.25, -0.2) is 0 Å². The maximum Gasteiger partial charge on any atom is 0.307 e. The molecule has 0 saturated carbocycles. The van der Waals surface area contributed by atoms with Crippen LogP contribution >= 0.6 is 11.8 Å². The second kappa shape index (κ2) is 9.62. The highest BCUT2D eigenvalue weighted by molar-refractivity contribution is 8.01. The molecule has 142 valence electrons. The molecule has 1 heterocycles. The lowest BCUT2D eigenvalue weighted by Gasteiger charge is -2.23. The lowest BCUT2D eigenvalue weighted by Crippen LogP contribution is -2.37. The number of thioether (sulfide) groups is 1. The SMILES string of the molecule is CC(C)CC[C@@H](C)NC(=O)COC(=O)C[C@H]1Sc2ccccc2NC1=O. The summed E-state index contributed by atoms with van der Waals surface area (Å²) in [5.41, 5.74) is 0.752. The minimum Gasteiger partial charge on any atom is -0.456 e. The summed E-state index contributed by atoms with van der Waals surface area (Å²) < 4.78 is 5.03. The first-order valence-electron chi connectivity index (χ1n) is 8.86. The summed E-state index contributed by atoms with van der Waals surface area (Å²) in [5.74, 6) is -0.517. The number of nitrogens with one attached hydrogen (secondary N) is 2. The summed E-state index contributed by atoms with van der Waals surface area (Å²) >= 11 is 1.33. The smallest absolute Gasteiger partial charge is 0.307 e. The van der Waals surface area contributed by atoms with Crippen molar-refractivity contribution in [1.29, 1.82) is 0 Å². The number of amides is 2. The fourth-order valence-corrected chi connectivity index (χ4v) is 3.65. The summed E-state index contributed by atoms with van der Waals surface area (Å²) in [5, 5.41) is 5.05. The fourth-order valence-electron chi connectivity index (χ4n) is 2.56. The van der Waals surface area contributed by atoms with Crippen molar-refractivity contribution in [2.24, 2.45) is 5.92 Å². The number of para-hydroxylation sites is 1. The Morgan fingerprint density at radius 1 is 1.23 bits per heavy atom. The largest absolute Gasteiger partial charge is 0.456 e. The van der Waals surface area contributed by atoms with Gasteiger partial charge in [-0.2, -0.15) is 0 Å². The minimum atomic E-state index is -0.554. The van der Waals surface area contributed by atoms with E-state index < -0.39 is 11.2 Å². The van der Waals surface area contributed by atoms with Crippen molar-refractivity contribution >= 4 is 35.2 Å². The molecule has 7 heteroatoms. The highest BCUT2D eigenvalue weighted by Crippen LogP contribution is 2.36. The normalized spacial score (nSPS) is 17.2. The zero-order valence-electron chi connectivity index (χ0n) is 15.4. The van der Waals surface area contributed by atoms with E-state index >= 15 is 0 Å². The van der Waals surface area contributed by atoms with Gasteiger partial charge in [-0.1, -0.05) is 26.0 Å². The molecule has 0 bridgehead atoms. The highest BCUT2D eigenvalue weighted by Gasteiger charge is 2.29. The molecule has 0 radical (unpaired) electrons. The van der Waals surface area contributed by atoms with Gasteiger partial charge in [-0.3, -0.25) is 14.4 Å². The van der Waals surface area contributed by atoms with Gasteiger partial charge < -0.3 is 15.4 Å². The number of hydrogen-bond acceptors (Lipinski definition) is 5. The van der Waals surface area contributed by atoms with Gasteiger partial charge in [0.05, 0.1) is 17.4 Å². The van der Waals surface area contributed by atoms with Crippen LogP contribution in [0.15, 0.2) is 29.2 Å². The number of fused-ring (bicyclic) bond motifs is 1. The van der Waals surface area contributed by atoms with Crippen molar-refractivity contribution in [2.45, 2.75) is 56.2 Å². The Morgan fingerprint density at radius 2 is 1.96 bits per heavy atom. The van der Waals surface area contributed by atoms with E-state index in [4.69, 9.17) is 4.74 Å². The molecular weight excluding hydrogens is 352 g/mol. The first kappa shape index (κ1) is 20.3. The van der Waals surface area contributed by atoms with E-state index in [0.29, 0.717) is 5.92 Å². The predicted molar refractivity (Wildman–Crippen MR) is 102 cm³/mol.